The van der Waals surface area contributed by atoms with Crippen molar-refractivity contribution < 1.29 is 9.21 Å². The molecule has 3 atom stereocenters. The van der Waals surface area contributed by atoms with E-state index in [1.165, 1.54) is 5.56 Å². The second kappa shape index (κ2) is 8.15. The van der Waals surface area contributed by atoms with Crippen LogP contribution in [0.15, 0.2) is 59.3 Å². The van der Waals surface area contributed by atoms with Gasteiger partial charge in [0.15, 0.2) is 5.76 Å². The minimum absolute atomic E-state index is 0.0738. The van der Waals surface area contributed by atoms with E-state index in [2.05, 4.69) is 35.2 Å². The summed E-state index contributed by atoms with van der Waals surface area (Å²) in [6.45, 7) is 3.25. The third kappa shape index (κ3) is 3.80. The Morgan fingerprint density at radius 1 is 1.29 bits per heavy atom. The number of pyridine rings is 1. The van der Waals surface area contributed by atoms with Crippen molar-refractivity contribution in [1.82, 2.24) is 15.2 Å². The summed E-state index contributed by atoms with van der Waals surface area (Å²) < 4.78 is 5.78. The van der Waals surface area contributed by atoms with Crippen LogP contribution in [0.2, 0.25) is 0 Å². The lowest BCUT2D eigenvalue weighted by molar-refractivity contribution is 0.0688. The fourth-order valence-electron chi connectivity index (χ4n) is 4.33. The molecule has 1 aromatic carbocycles. The van der Waals surface area contributed by atoms with Gasteiger partial charge in [0.2, 0.25) is 0 Å². The Morgan fingerprint density at radius 3 is 2.89 bits per heavy atom. The molecule has 1 unspecified atom stereocenters. The summed E-state index contributed by atoms with van der Waals surface area (Å²) >= 11 is 0. The number of hydrogen-bond donors (Lipinski definition) is 1. The van der Waals surface area contributed by atoms with Gasteiger partial charge in [0.25, 0.3) is 5.91 Å². The number of fused-ring (bicyclic) bond motifs is 1. The fraction of sp³-hybridized carbons (Fsp3) is 0.391. The van der Waals surface area contributed by atoms with Crippen molar-refractivity contribution in [3.63, 3.8) is 0 Å². The summed E-state index contributed by atoms with van der Waals surface area (Å²) in [6, 6.07) is 13.9. The van der Waals surface area contributed by atoms with Crippen molar-refractivity contribution in [2.75, 3.05) is 13.6 Å². The predicted octanol–water partition coefficient (Wildman–Crippen LogP) is 3.90. The summed E-state index contributed by atoms with van der Waals surface area (Å²) in [4.78, 5) is 19.6. The molecule has 3 aromatic rings. The van der Waals surface area contributed by atoms with Crippen LogP contribution in [-0.2, 0) is 6.42 Å². The molecule has 28 heavy (non-hydrogen) atoms. The zero-order valence-electron chi connectivity index (χ0n) is 16.5. The van der Waals surface area contributed by atoms with Gasteiger partial charge < -0.3 is 14.6 Å². The standard InChI is InChI=1S/C23H27N3O2/c1-3-17-10-12-26(2)19(13-16-7-6-11-24-15-16)22(17)25-23(27)21-14-18-8-4-5-9-20(18)28-21/h4-9,11,14-15,17,19,22H,3,10,12-13H2,1-2H3,(H,25,27)/t17?,19-,22+/m0/s1. The Kier molecular flexibility index (Phi) is 5.44. The molecule has 146 valence electrons. The third-order valence-electron chi connectivity index (χ3n) is 5.98. The van der Waals surface area contributed by atoms with E-state index >= 15 is 0 Å². The van der Waals surface area contributed by atoms with E-state index in [9.17, 15) is 4.79 Å². The first-order chi connectivity index (χ1) is 13.7. The van der Waals surface area contributed by atoms with Gasteiger partial charge in [0, 0.05) is 29.9 Å². The van der Waals surface area contributed by atoms with Gasteiger partial charge in [-0.2, -0.15) is 0 Å². The number of nitrogens with zero attached hydrogens (tertiary/aromatic N) is 2. The molecule has 1 aliphatic heterocycles. The molecule has 0 aliphatic carbocycles. The van der Waals surface area contributed by atoms with Crippen molar-refractivity contribution in [1.29, 1.82) is 0 Å². The van der Waals surface area contributed by atoms with Crippen LogP contribution >= 0.6 is 0 Å². The molecule has 0 radical (unpaired) electrons. The highest BCUT2D eigenvalue weighted by Gasteiger charge is 2.37. The average Bonchev–Trinajstić information content (AvgIpc) is 3.16. The van der Waals surface area contributed by atoms with Gasteiger partial charge in [-0.15, -0.1) is 0 Å². The van der Waals surface area contributed by atoms with Gasteiger partial charge in [0.1, 0.15) is 5.58 Å². The Labute approximate surface area is 165 Å². The Bertz CT molecular complexity index is 904. The van der Waals surface area contributed by atoms with Gasteiger partial charge >= 0.3 is 0 Å². The highest BCUT2D eigenvalue weighted by Crippen LogP contribution is 2.28. The monoisotopic (exact) mass is 377 g/mol. The van der Waals surface area contributed by atoms with Crippen LogP contribution in [0.1, 0.15) is 35.9 Å². The summed E-state index contributed by atoms with van der Waals surface area (Å²) in [6.07, 6.45) is 6.71. The van der Waals surface area contributed by atoms with E-state index in [-0.39, 0.29) is 18.0 Å². The normalized spacial score (nSPS) is 23.0. The molecule has 0 bridgehead atoms. The molecule has 2 aromatic heterocycles. The van der Waals surface area contributed by atoms with Crippen LogP contribution in [0.4, 0.5) is 0 Å². The number of rotatable bonds is 5. The van der Waals surface area contributed by atoms with E-state index in [4.69, 9.17) is 4.42 Å². The summed E-state index contributed by atoms with van der Waals surface area (Å²) in [5.74, 6) is 0.696. The number of piperidine rings is 1. The Balaban J connectivity index is 1.57. The SMILES string of the molecule is CCC1CCN(C)[C@@H](Cc2cccnc2)[C@@H]1NC(=O)c1cc2ccccc2o1. The van der Waals surface area contributed by atoms with Crippen LogP contribution in [0.3, 0.4) is 0 Å². The summed E-state index contributed by atoms with van der Waals surface area (Å²) in [5.41, 5.74) is 1.94. The van der Waals surface area contributed by atoms with Crippen molar-refractivity contribution in [2.45, 2.75) is 38.3 Å². The van der Waals surface area contributed by atoms with Crippen molar-refractivity contribution in [3.8, 4) is 0 Å². The van der Waals surface area contributed by atoms with Gasteiger partial charge in [-0.05, 0) is 56.1 Å². The van der Waals surface area contributed by atoms with Crippen LogP contribution in [0, 0.1) is 5.92 Å². The van der Waals surface area contributed by atoms with E-state index in [1.54, 1.807) is 6.20 Å². The smallest absolute Gasteiger partial charge is 0.287 e. The molecular weight excluding hydrogens is 350 g/mol. The number of likely N-dealkylation sites (N-methyl/N-ethyl adjacent to an activating group) is 1. The number of likely N-dealkylation sites (tertiary alicyclic amines) is 1. The molecule has 1 fully saturated rings. The molecule has 5 nitrogen and oxygen atoms in total. The Morgan fingerprint density at radius 2 is 2.14 bits per heavy atom. The highest BCUT2D eigenvalue weighted by molar-refractivity contribution is 5.96. The second-order valence-electron chi connectivity index (χ2n) is 7.72. The highest BCUT2D eigenvalue weighted by atomic mass is 16.3. The maximum absolute atomic E-state index is 13.0. The molecule has 1 amide bonds. The van der Waals surface area contributed by atoms with Gasteiger partial charge in [0.05, 0.1) is 0 Å². The summed E-state index contributed by atoms with van der Waals surface area (Å²) in [7, 11) is 2.15. The number of nitrogens with one attached hydrogen (secondary N) is 1. The fourth-order valence-corrected chi connectivity index (χ4v) is 4.33. The first-order valence-electron chi connectivity index (χ1n) is 10.0. The maximum atomic E-state index is 13.0. The van der Waals surface area contributed by atoms with Gasteiger partial charge in [-0.25, -0.2) is 0 Å². The number of furan rings is 1. The topological polar surface area (TPSA) is 58.4 Å². The molecular formula is C23H27N3O2. The number of para-hydroxylation sites is 1. The van der Waals surface area contributed by atoms with Crippen molar-refractivity contribution in [2.24, 2.45) is 5.92 Å². The summed E-state index contributed by atoms with van der Waals surface area (Å²) in [5, 5.41) is 4.25. The molecule has 0 saturated carbocycles. The average molecular weight is 377 g/mol. The number of carbonyl (C=O) groups excluding carboxylic acids is 1. The first kappa shape index (κ1) is 18.7. The third-order valence-corrected chi connectivity index (χ3v) is 5.98. The van der Waals surface area contributed by atoms with Crippen molar-refractivity contribution in [3.05, 3.63) is 66.2 Å². The van der Waals surface area contributed by atoms with Crippen molar-refractivity contribution >= 4 is 16.9 Å². The van der Waals surface area contributed by atoms with Crippen LogP contribution in [-0.4, -0.2) is 41.5 Å². The molecule has 3 heterocycles. The predicted molar refractivity (Wildman–Crippen MR) is 110 cm³/mol. The van der Waals surface area contributed by atoms with Gasteiger partial charge in [-0.3, -0.25) is 9.78 Å². The lowest BCUT2D eigenvalue weighted by atomic mass is 9.81. The number of carbonyl (C=O) groups is 1. The van der Waals surface area contributed by atoms with E-state index in [0.717, 1.165) is 36.8 Å². The molecule has 5 heteroatoms. The van der Waals surface area contributed by atoms with E-state index in [0.29, 0.717) is 11.7 Å². The van der Waals surface area contributed by atoms with Crippen LogP contribution in [0.25, 0.3) is 11.0 Å². The quantitative estimate of drug-likeness (QED) is 0.733. The zero-order chi connectivity index (χ0) is 19.5. The first-order valence-corrected chi connectivity index (χ1v) is 10.0. The van der Waals surface area contributed by atoms with Crippen LogP contribution in [0.5, 0.6) is 0 Å². The Hall–Kier alpha value is -2.66. The van der Waals surface area contributed by atoms with Crippen LogP contribution < -0.4 is 5.32 Å². The lowest BCUT2D eigenvalue weighted by Gasteiger charge is -2.44. The lowest BCUT2D eigenvalue weighted by Crippen LogP contribution is -2.59. The molecule has 0 spiro atoms. The van der Waals surface area contributed by atoms with Gasteiger partial charge in [-0.1, -0.05) is 37.6 Å². The maximum Gasteiger partial charge on any atom is 0.287 e. The zero-order valence-corrected chi connectivity index (χ0v) is 16.5. The molecule has 4 rings (SSSR count). The van der Waals surface area contributed by atoms with E-state index < -0.39 is 0 Å². The number of aromatic nitrogens is 1. The van der Waals surface area contributed by atoms with E-state index in [1.807, 2.05) is 42.6 Å². The number of amides is 1. The molecule has 1 aliphatic rings. The minimum Gasteiger partial charge on any atom is -0.451 e. The largest absolute Gasteiger partial charge is 0.451 e. The second-order valence-corrected chi connectivity index (χ2v) is 7.72. The molecule has 1 N–H and O–H groups in total. The molecule has 1 saturated heterocycles. The minimum atomic E-state index is -0.133. The number of hydrogen-bond acceptors (Lipinski definition) is 4. The number of benzene rings is 1.